The van der Waals surface area contributed by atoms with Crippen LogP contribution in [-0.4, -0.2) is 5.91 Å². The van der Waals surface area contributed by atoms with Crippen molar-refractivity contribution in [3.8, 4) is 0 Å². The third-order valence-electron chi connectivity index (χ3n) is 2.35. The van der Waals surface area contributed by atoms with E-state index in [0.717, 1.165) is 18.5 Å². The molecule has 3 N–H and O–H groups in total. The van der Waals surface area contributed by atoms with Crippen molar-refractivity contribution < 1.29 is 4.79 Å². The third-order valence-corrected chi connectivity index (χ3v) is 2.35. The fourth-order valence-corrected chi connectivity index (χ4v) is 1.40. The van der Waals surface area contributed by atoms with Gasteiger partial charge in [0.1, 0.15) is 0 Å². The average molecular weight is 206 g/mol. The molecule has 0 heterocycles. The van der Waals surface area contributed by atoms with Gasteiger partial charge in [-0.15, -0.1) is 0 Å². The molecule has 0 radical (unpaired) electrons. The Morgan fingerprint density at radius 1 is 1.40 bits per heavy atom. The Bertz CT molecular complexity index is 319. The minimum atomic E-state index is 0.0625. The monoisotopic (exact) mass is 206 g/mol. The highest BCUT2D eigenvalue weighted by atomic mass is 16.1. The molecule has 1 aromatic rings. The van der Waals surface area contributed by atoms with Crippen molar-refractivity contribution in [3.63, 3.8) is 0 Å². The van der Waals surface area contributed by atoms with E-state index in [0.29, 0.717) is 5.69 Å². The van der Waals surface area contributed by atoms with Gasteiger partial charge >= 0.3 is 0 Å². The zero-order valence-electron chi connectivity index (χ0n) is 9.29. The van der Waals surface area contributed by atoms with E-state index in [1.54, 1.807) is 12.1 Å². The molecule has 1 rings (SSSR count). The molecule has 15 heavy (non-hydrogen) atoms. The van der Waals surface area contributed by atoms with Crippen LogP contribution in [0.2, 0.25) is 0 Å². The van der Waals surface area contributed by atoms with Crippen LogP contribution in [0.15, 0.2) is 24.3 Å². The minimum Gasteiger partial charge on any atom is -0.399 e. The third kappa shape index (κ3) is 3.62. The topological polar surface area (TPSA) is 55.1 Å². The van der Waals surface area contributed by atoms with Crippen molar-refractivity contribution in [3.05, 3.63) is 24.3 Å². The van der Waals surface area contributed by atoms with Crippen LogP contribution in [0.3, 0.4) is 0 Å². The molecule has 0 spiro atoms. The van der Waals surface area contributed by atoms with Gasteiger partial charge in [0.05, 0.1) is 0 Å². The maximum absolute atomic E-state index is 11.6. The fourth-order valence-electron chi connectivity index (χ4n) is 1.40. The number of anilines is 2. The van der Waals surface area contributed by atoms with E-state index in [1.807, 2.05) is 19.1 Å². The van der Waals surface area contributed by atoms with Gasteiger partial charge in [0.2, 0.25) is 5.91 Å². The summed E-state index contributed by atoms with van der Waals surface area (Å²) in [6, 6.07) is 7.18. The molecule has 1 aromatic carbocycles. The standard InChI is InChI=1S/C12H18N2O/c1-3-4-9(2)12(15)14-11-7-5-10(13)6-8-11/h5-9H,3-4,13H2,1-2H3,(H,14,15). The molecule has 0 aliphatic heterocycles. The number of rotatable bonds is 4. The van der Waals surface area contributed by atoms with E-state index < -0.39 is 0 Å². The summed E-state index contributed by atoms with van der Waals surface area (Å²) < 4.78 is 0. The molecule has 0 aliphatic rings. The van der Waals surface area contributed by atoms with E-state index in [4.69, 9.17) is 5.73 Å². The first-order valence-corrected chi connectivity index (χ1v) is 5.30. The molecule has 0 fully saturated rings. The molecule has 0 saturated heterocycles. The Morgan fingerprint density at radius 3 is 2.53 bits per heavy atom. The van der Waals surface area contributed by atoms with E-state index in [-0.39, 0.29) is 11.8 Å². The van der Waals surface area contributed by atoms with Crippen LogP contribution >= 0.6 is 0 Å². The summed E-state index contributed by atoms with van der Waals surface area (Å²) in [5.41, 5.74) is 7.06. The number of nitrogens with two attached hydrogens (primary N) is 1. The zero-order chi connectivity index (χ0) is 11.3. The van der Waals surface area contributed by atoms with Crippen molar-refractivity contribution in [1.29, 1.82) is 0 Å². The predicted molar refractivity (Wildman–Crippen MR) is 63.6 cm³/mol. The summed E-state index contributed by atoms with van der Waals surface area (Å²) in [6.45, 7) is 4.02. The SMILES string of the molecule is CCCC(C)C(=O)Nc1ccc(N)cc1. The van der Waals surface area contributed by atoms with Gasteiger partial charge in [-0.25, -0.2) is 0 Å². The highest BCUT2D eigenvalue weighted by Crippen LogP contribution is 2.13. The van der Waals surface area contributed by atoms with Crippen LogP contribution in [-0.2, 0) is 4.79 Å². The molecule has 3 heteroatoms. The van der Waals surface area contributed by atoms with Crippen LogP contribution in [0.25, 0.3) is 0 Å². The molecule has 1 atom stereocenters. The van der Waals surface area contributed by atoms with E-state index >= 15 is 0 Å². The number of nitrogen functional groups attached to an aromatic ring is 1. The second-order valence-electron chi connectivity index (χ2n) is 3.80. The first-order valence-electron chi connectivity index (χ1n) is 5.30. The molecule has 0 bridgehead atoms. The molecule has 0 aliphatic carbocycles. The Hall–Kier alpha value is -1.51. The van der Waals surface area contributed by atoms with Crippen LogP contribution in [0, 0.1) is 5.92 Å². The highest BCUT2D eigenvalue weighted by Gasteiger charge is 2.11. The summed E-state index contributed by atoms with van der Waals surface area (Å²) >= 11 is 0. The fraction of sp³-hybridized carbons (Fsp3) is 0.417. The highest BCUT2D eigenvalue weighted by molar-refractivity contribution is 5.92. The number of carbonyl (C=O) groups excluding carboxylic acids is 1. The van der Waals surface area contributed by atoms with Gasteiger partial charge in [-0.3, -0.25) is 4.79 Å². The molecule has 82 valence electrons. The molecule has 1 amide bonds. The first-order chi connectivity index (χ1) is 7.13. The van der Waals surface area contributed by atoms with Crippen LogP contribution in [0.1, 0.15) is 26.7 Å². The van der Waals surface area contributed by atoms with Crippen LogP contribution in [0.4, 0.5) is 11.4 Å². The summed E-state index contributed by atoms with van der Waals surface area (Å²) in [4.78, 5) is 11.6. The quantitative estimate of drug-likeness (QED) is 0.744. The average Bonchev–Trinajstić information content (AvgIpc) is 2.22. The van der Waals surface area contributed by atoms with Crippen LogP contribution in [0.5, 0.6) is 0 Å². The van der Waals surface area contributed by atoms with Gasteiger partial charge in [-0.05, 0) is 30.7 Å². The maximum Gasteiger partial charge on any atom is 0.227 e. The lowest BCUT2D eigenvalue weighted by atomic mass is 10.1. The zero-order valence-corrected chi connectivity index (χ0v) is 9.29. The largest absolute Gasteiger partial charge is 0.399 e. The van der Waals surface area contributed by atoms with Crippen LogP contribution < -0.4 is 11.1 Å². The number of amides is 1. The lowest BCUT2D eigenvalue weighted by molar-refractivity contribution is -0.119. The predicted octanol–water partition coefficient (Wildman–Crippen LogP) is 2.64. The number of carbonyl (C=O) groups is 1. The van der Waals surface area contributed by atoms with Crippen molar-refractivity contribution in [2.75, 3.05) is 11.1 Å². The summed E-state index contributed by atoms with van der Waals surface area (Å²) in [5, 5.41) is 2.86. The first kappa shape index (κ1) is 11.6. The Labute approximate surface area is 90.7 Å². The minimum absolute atomic E-state index is 0.0625. The lowest BCUT2D eigenvalue weighted by Gasteiger charge is -2.10. The van der Waals surface area contributed by atoms with Crippen molar-refractivity contribution in [2.24, 2.45) is 5.92 Å². The van der Waals surface area contributed by atoms with E-state index in [1.165, 1.54) is 0 Å². The molecular weight excluding hydrogens is 188 g/mol. The van der Waals surface area contributed by atoms with Crippen molar-refractivity contribution >= 4 is 17.3 Å². The van der Waals surface area contributed by atoms with Crippen molar-refractivity contribution in [2.45, 2.75) is 26.7 Å². The molecular formula is C12H18N2O. The smallest absolute Gasteiger partial charge is 0.227 e. The van der Waals surface area contributed by atoms with Gasteiger partial charge in [-0.2, -0.15) is 0 Å². The second kappa shape index (κ2) is 5.39. The molecule has 3 nitrogen and oxygen atoms in total. The molecule has 0 saturated carbocycles. The Kier molecular flexibility index (Phi) is 4.16. The number of nitrogens with one attached hydrogen (secondary N) is 1. The number of hydrogen-bond acceptors (Lipinski definition) is 2. The normalized spacial score (nSPS) is 12.1. The van der Waals surface area contributed by atoms with Gasteiger partial charge in [-0.1, -0.05) is 20.3 Å². The molecule has 0 aromatic heterocycles. The van der Waals surface area contributed by atoms with Gasteiger partial charge < -0.3 is 11.1 Å². The summed E-state index contributed by atoms with van der Waals surface area (Å²) in [5.74, 6) is 0.133. The Morgan fingerprint density at radius 2 is 2.00 bits per heavy atom. The Balaban J connectivity index is 2.54. The van der Waals surface area contributed by atoms with Gasteiger partial charge in [0.15, 0.2) is 0 Å². The maximum atomic E-state index is 11.6. The summed E-state index contributed by atoms with van der Waals surface area (Å²) in [6.07, 6.45) is 1.94. The number of benzene rings is 1. The second-order valence-corrected chi connectivity index (χ2v) is 3.80. The lowest BCUT2D eigenvalue weighted by Crippen LogP contribution is -2.20. The van der Waals surface area contributed by atoms with E-state index in [2.05, 4.69) is 12.2 Å². The number of hydrogen-bond donors (Lipinski definition) is 2. The summed E-state index contributed by atoms with van der Waals surface area (Å²) in [7, 11) is 0. The van der Waals surface area contributed by atoms with Gasteiger partial charge in [0.25, 0.3) is 0 Å². The molecule has 1 unspecified atom stereocenters. The van der Waals surface area contributed by atoms with Gasteiger partial charge in [0, 0.05) is 17.3 Å². The van der Waals surface area contributed by atoms with Crippen molar-refractivity contribution in [1.82, 2.24) is 0 Å². The van der Waals surface area contributed by atoms with E-state index in [9.17, 15) is 4.79 Å².